The Morgan fingerprint density at radius 3 is 2.20 bits per heavy atom. The smallest absolute Gasteiger partial charge is 0.253 e. The molecular weight excluding hydrogens is 338 g/mol. The number of carbonyl (C=O) groups is 2. The van der Waals surface area contributed by atoms with Crippen molar-refractivity contribution < 1.29 is 9.59 Å². The highest BCUT2D eigenvalue weighted by molar-refractivity contribution is 6.30. The summed E-state index contributed by atoms with van der Waals surface area (Å²) in [7, 11) is 3.40. The van der Waals surface area contributed by atoms with Crippen molar-refractivity contribution in [1.82, 2.24) is 10.2 Å². The monoisotopic (exact) mass is 359 g/mol. The van der Waals surface area contributed by atoms with Gasteiger partial charge in [-0.3, -0.25) is 9.59 Å². The second-order valence-corrected chi connectivity index (χ2v) is 6.42. The van der Waals surface area contributed by atoms with Crippen LogP contribution in [0, 0.1) is 0 Å². The highest BCUT2D eigenvalue weighted by atomic mass is 35.5. The summed E-state index contributed by atoms with van der Waals surface area (Å²) in [5.74, 6) is -0.219. The van der Waals surface area contributed by atoms with Gasteiger partial charge in [0.2, 0.25) is 5.91 Å². The van der Waals surface area contributed by atoms with Crippen molar-refractivity contribution in [2.75, 3.05) is 26.0 Å². The van der Waals surface area contributed by atoms with Crippen LogP contribution in [0.1, 0.15) is 28.9 Å². The van der Waals surface area contributed by atoms with Crippen LogP contribution in [-0.2, 0) is 4.79 Å². The molecule has 0 aromatic heterocycles. The van der Waals surface area contributed by atoms with Crippen molar-refractivity contribution >= 4 is 29.1 Å². The zero-order valence-corrected chi connectivity index (χ0v) is 15.3. The summed E-state index contributed by atoms with van der Waals surface area (Å²) in [5, 5.41) is 6.66. The van der Waals surface area contributed by atoms with Crippen molar-refractivity contribution in [2.24, 2.45) is 0 Å². The van der Waals surface area contributed by atoms with Crippen LogP contribution in [0.5, 0.6) is 0 Å². The maximum Gasteiger partial charge on any atom is 0.253 e. The summed E-state index contributed by atoms with van der Waals surface area (Å²) in [6.45, 7) is 2.17. The number of rotatable bonds is 6. The van der Waals surface area contributed by atoms with Gasteiger partial charge in [-0.25, -0.2) is 0 Å². The Labute approximate surface area is 153 Å². The van der Waals surface area contributed by atoms with Gasteiger partial charge >= 0.3 is 0 Å². The highest BCUT2D eigenvalue weighted by Gasteiger charge is 2.10. The molecule has 6 heteroatoms. The van der Waals surface area contributed by atoms with Gasteiger partial charge in [0, 0.05) is 36.4 Å². The van der Waals surface area contributed by atoms with E-state index in [-0.39, 0.29) is 24.4 Å². The SMILES string of the molecule is C[C@@H](NCC(=O)Nc1ccc(C(=O)N(C)C)cc1)c1ccc(Cl)cc1. The predicted octanol–water partition coefficient (Wildman–Crippen LogP) is 3.33. The van der Waals surface area contributed by atoms with Gasteiger partial charge in [0.05, 0.1) is 6.54 Å². The van der Waals surface area contributed by atoms with Crippen LogP contribution < -0.4 is 10.6 Å². The number of carbonyl (C=O) groups excluding carboxylic acids is 2. The Morgan fingerprint density at radius 1 is 1.04 bits per heavy atom. The van der Waals surface area contributed by atoms with E-state index in [9.17, 15) is 9.59 Å². The van der Waals surface area contributed by atoms with Crippen LogP contribution in [-0.4, -0.2) is 37.4 Å². The van der Waals surface area contributed by atoms with E-state index in [0.29, 0.717) is 16.3 Å². The molecule has 25 heavy (non-hydrogen) atoms. The number of hydrogen-bond donors (Lipinski definition) is 2. The maximum absolute atomic E-state index is 12.1. The average molecular weight is 360 g/mol. The van der Waals surface area contributed by atoms with Crippen LogP contribution in [0.4, 0.5) is 5.69 Å². The third-order valence-electron chi connectivity index (χ3n) is 3.76. The Balaban J connectivity index is 1.85. The largest absolute Gasteiger partial charge is 0.345 e. The molecule has 0 saturated carbocycles. The van der Waals surface area contributed by atoms with E-state index in [0.717, 1.165) is 5.56 Å². The molecule has 2 aromatic carbocycles. The van der Waals surface area contributed by atoms with Crippen molar-refractivity contribution in [3.05, 3.63) is 64.7 Å². The second-order valence-electron chi connectivity index (χ2n) is 5.98. The van der Waals surface area contributed by atoms with Crippen LogP contribution in [0.3, 0.4) is 0 Å². The first-order valence-electron chi connectivity index (χ1n) is 7.97. The zero-order valence-electron chi connectivity index (χ0n) is 14.5. The molecule has 0 radical (unpaired) electrons. The number of nitrogens with zero attached hydrogens (tertiary/aromatic N) is 1. The van der Waals surface area contributed by atoms with Crippen LogP contribution in [0.15, 0.2) is 48.5 Å². The standard InChI is InChI=1S/C19H22ClN3O2/c1-13(14-4-8-16(20)9-5-14)21-12-18(24)22-17-10-6-15(7-11-17)19(25)23(2)3/h4-11,13,21H,12H2,1-3H3,(H,22,24)/t13-/m1/s1. The molecule has 2 aromatic rings. The molecule has 0 heterocycles. The molecular formula is C19H22ClN3O2. The van der Waals surface area contributed by atoms with Gasteiger partial charge in [-0.1, -0.05) is 23.7 Å². The van der Waals surface area contributed by atoms with E-state index in [1.54, 1.807) is 38.4 Å². The van der Waals surface area contributed by atoms with Crippen LogP contribution >= 0.6 is 11.6 Å². The Bertz CT molecular complexity index is 727. The van der Waals surface area contributed by atoms with Gasteiger partial charge in [-0.15, -0.1) is 0 Å². The average Bonchev–Trinajstić information content (AvgIpc) is 2.60. The molecule has 0 saturated heterocycles. The number of nitrogens with one attached hydrogen (secondary N) is 2. The number of halogens is 1. The number of benzene rings is 2. The summed E-state index contributed by atoms with van der Waals surface area (Å²) in [4.78, 5) is 25.4. The lowest BCUT2D eigenvalue weighted by Crippen LogP contribution is -2.30. The lowest BCUT2D eigenvalue weighted by atomic mass is 10.1. The summed E-state index contributed by atoms with van der Waals surface area (Å²) in [5.41, 5.74) is 2.29. The Hall–Kier alpha value is -2.37. The molecule has 0 fully saturated rings. The lowest BCUT2D eigenvalue weighted by molar-refractivity contribution is -0.115. The summed E-state index contributed by atoms with van der Waals surface area (Å²) in [6, 6.07) is 14.4. The minimum Gasteiger partial charge on any atom is -0.345 e. The number of hydrogen-bond acceptors (Lipinski definition) is 3. The molecule has 5 nitrogen and oxygen atoms in total. The first kappa shape index (κ1) is 19.0. The van der Waals surface area contributed by atoms with Gasteiger partial charge in [-0.05, 0) is 48.9 Å². The van der Waals surface area contributed by atoms with Crippen molar-refractivity contribution in [1.29, 1.82) is 0 Å². The molecule has 132 valence electrons. The third-order valence-corrected chi connectivity index (χ3v) is 4.01. The van der Waals surface area contributed by atoms with Gasteiger partial charge in [0.25, 0.3) is 5.91 Å². The predicted molar refractivity (Wildman–Crippen MR) is 101 cm³/mol. The Kier molecular flexibility index (Phi) is 6.56. The van der Waals surface area contributed by atoms with E-state index >= 15 is 0 Å². The normalized spacial score (nSPS) is 11.7. The summed E-state index contributed by atoms with van der Waals surface area (Å²) in [6.07, 6.45) is 0. The number of anilines is 1. The quantitative estimate of drug-likeness (QED) is 0.831. The zero-order chi connectivity index (χ0) is 18.4. The first-order chi connectivity index (χ1) is 11.9. The van der Waals surface area contributed by atoms with E-state index < -0.39 is 0 Å². The molecule has 2 N–H and O–H groups in total. The molecule has 0 unspecified atom stereocenters. The minimum absolute atomic E-state index is 0.0307. The Morgan fingerprint density at radius 2 is 1.64 bits per heavy atom. The highest BCUT2D eigenvalue weighted by Crippen LogP contribution is 2.16. The third kappa shape index (κ3) is 5.59. The molecule has 0 aliphatic rings. The van der Waals surface area contributed by atoms with Gasteiger partial charge in [0.1, 0.15) is 0 Å². The van der Waals surface area contributed by atoms with E-state index in [1.165, 1.54) is 4.90 Å². The van der Waals surface area contributed by atoms with E-state index in [4.69, 9.17) is 11.6 Å². The van der Waals surface area contributed by atoms with Crippen molar-refractivity contribution in [3.8, 4) is 0 Å². The van der Waals surface area contributed by atoms with Crippen LogP contribution in [0.25, 0.3) is 0 Å². The fraction of sp³-hybridized carbons (Fsp3) is 0.263. The second kappa shape index (κ2) is 8.65. The van der Waals surface area contributed by atoms with Gasteiger partial charge in [-0.2, -0.15) is 0 Å². The molecule has 2 rings (SSSR count). The molecule has 0 aliphatic carbocycles. The minimum atomic E-state index is -0.146. The fourth-order valence-corrected chi connectivity index (χ4v) is 2.40. The molecule has 2 amide bonds. The number of amides is 2. The molecule has 0 bridgehead atoms. The lowest BCUT2D eigenvalue weighted by Gasteiger charge is -2.14. The maximum atomic E-state index is 12.1. The van der Waals surface area contributed by atoms with Crippen molar-refractivity contribution in [3.63, 3.8) is 0 Å². The topological polar surface area (TPSA) is 61.4 Å². The molecule has 0 aliphatic heterocycles. The van der Waals surface area contributed by atoms with Gasteiger partial charge < -0.3 is 15.5 Å². The van der Waals surface area contributed by atoms with Gasteiger partial charge in [0.15, 0.2) is 0 Å². The molecule has 0 spiro atoms. The van der Waals surface area contributed by atoms with E-state index in [2.05, 4.69) is 10.6 Å². The summed E-state index contributed by atoms with van der Waals surface area (Å²) >= 11 is 5.87. The fourth-order valence-electron chi connectivity index (χ4n) is 2.27. The van der Waals surface area contributed by atoms with Crippen molar-refractivity contribution in [2.45, 2.75) is 13.0 Å². The molecule has 1 atom stereocenters. The van der Waals surface area contributed by atoms with Crippen LogP contribution in [0.2, 0.25) is 5.02 Å². The van der Waals surface area contributed by atoms with E-state index in [1.807, 2.05) is 31.2 Å². The first-order valence-corrected chi connectivity index (χ1v) is 8.35. The summed E-state index contributed by atoms with van der Waals surface area (Å²) < 4.78 is 0.